The Bertz CT molecular complexity index is 403. The van der Waals surface area contributed by atoms with Gasteiger partial charge >= 0.3 is 0 Å². The number of hydrogen-bond acceptors (Lipinski definition) is 4. The maximum Gasteiger partial charge on any atom is 0.0888 e. The van der Waals surface area contributed by atoms with Crippen LogP contribution in [0.3, 0.4) is 0 Å². The molecule has 0 atom stereocenters. The standard InChI is InChI=1S/C17H29N3O/c1-15(2)18-13-16-7-6-8-17(19-16)14-21-12-11-20-9-4-3-5-10-20/h6-8,15,18H,3-5,9-14H2,1-2H3. The molecule has 1 aliphatic rings. The first-order valence-corrected chi connectivity index (χ1v) is 8.22. The molecule has 1 aromatic heterocycles. The number of nitrogens with one attached hydrogen (secondary N) is 1. The molecule has 4 nitrogen and oxygen atoms in total. The molecule has 1 aliphatic heterocycles. The summed E-state index contributed by atoms with van der Waals surface area (Å²) in [6.07, 6.45) is 4.07. The molecular weight excluding hydrogens is 262 g/mol. The summed E-state index contributed by atoms with van der Waals surface area (Å²) >= 11 is 0. The molecule has 1 saturated heterocycles. The predicted octanol–water partition coefficient (Wildman–Crippen LogP) is 2.58. The number of likely N-dealkylation sites (tertiary alicyclic amines) is 1. The molecule has 21 heavy (non-hydrogen) atoms. The Hall–Kier alpha value is -0.970. The van der Waals surface area contributed by atoms with E-state index < -0.39 is 0 Å². The molecule has 0 aliphatic carbocycles. The van der Waals surface area contributed by atoms with Crippen LogP contribution in [-0.2, 0) is 17.9 Å². The van der Waals surface area contributed by atoms with E-state index in [0.717, 1.165) is 31.1 Å². The van der Waals surface area contributed by atoms with Crippen LogP contribution >= 0.6 is 0 Å². The lowest BCUT2D eigenvalue weighted by molar-refractivity contribution is 0.0844. The lowest BCUT2D eigenvalue weighted by Crippen LogP contribution is -2.32. The van der Waals surface area contributed by atoms with Crippen molar-refractivity contribution in [3.05, 3.63) is 29.6 Å². The van der Waals surface area contributed by atoms with Gasteiger partial charge in [-0.05, 0) is 38.1 Å². The van der Waals surface area contributed by atoms with Gasteiger partial charge in [0, 0.05) is 19.1 Å². The van der Waals surface area contributed by atoms with E-state index in [-0.39, 0.29) is 0 Å². The topological polar surface area (TPSA) is 37.4 Å². The molecule has 0 spiro atoms. The third kappa shape index (κ3) is 6.55. The van der Waals surface area contributed by atoms with Crippen molar-refractivity contribution in [3.63, 3.8) is 0 Å². The van der Waals surface area contributed by atoms with Gasteiger partial charge in [-0.25, -0.2) is 0 Å². The number of aromatic nitrogens is 1. The minimum atomic E-state index is 0.483. The van der Waals surface area contributed by atoms with Gasteiger partial charge < -0.3 is 15.0 Å². The molecule has 1 aromatic rings. The Kier molecular flexibility index (Phi) is 7.13. The highest BCUT2D eigenvalue weighted by molar-refractivity contribution is 5.10. The van der Waals surface area contributed by atoms with Crippen LogP contribution in [0, 0.1) is 0 Å². The summed E-state index contributed by atoms with van der Waals surface area (Å²) in [5, 5.41) is 3.39. The minimum Gasteiger partial charge on any atom is -0.374 e. The third-order valence-corrected chi connectivity index (χ3v) is 3.81. The van der Waals surface area contributed by atoms with E-state index in [1.165, 1.54) is 32.4 Å². The Balaban J connectivity index is 1.66. The van der Waals surface area contributed by atoms with Crippen molar-refractivity contribution in [2.75, 3.05) is 26.2 Å². The van der Waals surface area contributed by atoms with E-state index in [2.05, 4.69) is 41.2 Å². The van der Waals surface area contributed by atoms with Gasteiger partial charge in [0.1, 0.15) is 0 Å². The Morgan fingerprint density at radius 2 is 1.95 bits per heavy atom. The van der Waals surface area contributed by atoms with E-state index >= 15 is 0 Å². The third-order valence-electron chi connectivity index (χ3n) is 3.81. The molecule has 0 unspecified atom stereocenters. The molecule has 0 bridgehead atoms. The number of piperidine rings is 1. The summed E-state index contributed by atoms with van der Waals surface area (Å²) in [6.45, 7) is 10.0. The van der Waals surface area contributed by atoms with Gasteiger partial charge in [-0.3, -0.25) is 4.98 Å². The Labute approximate surface area is 128 Å². The summed E-state index contributed by atoms with van der Waals surface area (Å²) in [5.74, 6) is 0. The summed E-state index contributed by atoms with van der Waals surface area (Å²) in [6, 6.07) is 6.65. The molecule has 4 heteroatoms. The monoisotopic (exact) mass is 291 g/mol. The summed E-state index contributed by atoms with van der Waals surface area (Å²) < 4.78 is 5.78. The average molecular weight is 291 g/mol. The lowest BCUT2D eigenvalue weighted by Gasteiger charge is -2.26. The van der Waals surface area contributed by atoms with E-state index in [9.17, 15) is 0 Å². The second-order valence-electron chi connectivity index (χ2n) is 6.11. The van der Waals surface area contributed by atoms with Crippen LogP contribution in [0.15, 0.2) is 18.2 Å². The Morgan fingerprint density at radius 1 is 1.19 bits per heavy atom. The molecule has 1 fully saturated rings. The van der Waals surface area contributed by atoms with Crippen LogP contribution in [0.1, 0.15) is 44.5 Å². The zero-order chi connectivity index (χ0) is 14.9. The maximum absolute atomic E-state index is 5.78. The van der Waals surface area contributed by atoms with E-state index in [4.69, 9.17) is 4.74 Å². The molecule has 1 N–H and O–H groups in total. The van der Waals surface area contributed by atoms with Crippen molar-refractivity contribution in [2.24, 2.45) is 0 Å². The van der Waals surface area contributed by atoms with Crippen LogP contribution in [0.5, 0.6) is 0 Å². The minimum absolute atomic E-state index is 0.483. The number of nitrogens with zero attached hydrogens (tertiary/aromatic N) is 2. The van der Waals surface area contributed by atoms with Crippen LogP contribution < -0.4 is 5.32 Å². The first-order chi connectivity index (χ1) is 10.2. The molecule has 0 saturated carbocycles. The highest BCUT2D eigenvalue weighted by atomic mass is 16.5. The second kappa shape index (κ2) is 9.13. The highest BCUT2D eigenvalue weighted by Gasteiger charge is 2.09. The van der Waals surface area contributed by atoms with Crippen molar-refractivity contribution in [2.45, 2.75) is 52.3 Å². The van der Waals surface area contributed by atoms with E-state index in [0.29, 0.717) is 12.6 Å². The zero-order valence-electron chi connectivity index (χ0n) is 13.5. The van der Waals surface area contributed by atoms with E-state index in [1.54, 1.807) is 0 Å². The van der Waals surface area contributed by atoms with Gasteiger partial charge in [0.15, 0.2) is 0 Å². The second-order valence-corrected chi connectivity index (χ2v) is 6.11. The number of hydrogen-bond donors (Lipinski definition) is 1. The van der Waals surface area contributed by atoms with E-state index in [1.807, 2.05) is 6.07 Å². The summed E-state index contributed by atoms with van der Waals surface area (Å²) in [7, 11) is 0. The molecule has 2 heterocycles. The van der Waals surface area contributed by atoms with Crippen molar-refractivity contribution in [1.82, 2.24) is 15.2 Å². The molecule has 2 rings (SSSR count). The van der Waals surface area contributed by atoms with Gasteiger partial charge in [-0.15, -0.1) is 0 Å². The number of ether oxygens (including phenoxy) is 1. The Morgan fingerprint density at radius 3 is 2.71 bits per heavy atom. The van der Waals surface area contributed by atoms with Gasteiger partial charge in [-0.1, -0.05) is 26.3 Å². The van der Waals surface area contributed by atoms with Crippen LogP contribution in [0.25, 0.3) is 0 Å². The van der Waals surface area contributed by atoms with Gasteiger partial charge in [-0.2, -0.15) is 0 Å². The van der Waals surface area contributed by atoms with Crippen molar-refractivity contribution < 1.29 is 4.74 Å². The van der Waals surface area contributed by atoms with Gasteiger partial charge in [0.2, 0.25) is 0 Å². The van der Waals surface area contributed by atoms with Crippen molar-refractivity contribution in [1.29, 1.82) is 0 Å². The predicted molar refractivity (Wildman–Crippen MR) is 86.2 cm³/mol. The van der Waals surface area contributed by atoms with Crippen LogP contribution in [0.2, 0.25) is 0 Å². The summed E-state index contributed by atoms with van der Waals surface area (Å²) in [4.78, 5) is 7.13. The fourth-order valence-electron chi connectivity index (χ4n) is 2.57. The smallest absolute Gasteiger partial charge is 0.0888 e. The van der Waals surface area contributed by atoms with Crippen molar-refractivity contribution >= 4 is 0 Å². The molecule has 118 valence electrons. The first-order valence-electron chi connectivity index (χ1n) is 8.22. The molecule has 0 radical (unpaired) electrons. The van der Waals surface area contributed by atoms with Crippen LogP contribution in [-0.4, -0.2) is 42.2 Å². The molecular formula is C17H29N3O. The summed E-state index contributed by atoms with van der Waals surface area (Å²) in [5.41, 5.74) is 2.11. The first kappa shape index (κ1) is 16.4. The average Bonchev–Trinajstić information content (AvgIpc) is 2.51. The largest absolute Gasteiger partial charge is 0.374 e. The highest BCUT2D eigenvalue weighted by Crippen LogP contribution is 2.08. The van der Waals surface area contributed by atoms with Gasteiger partial charge in [0.05, 0.1) is 24.6 Å². The quantitative estimate of drug-likeness (QED) is 0.747. The maximum atomic E-state index is 5.78. The molecule has 0 aromatic carbocycles. The molecule has 0 amide bonds. The zero-order valence-corrected chi connectivity index (χ0v) is 13.5. The number of rotatable bonds is 8. The fourth-order valence-corrected chi connectivity index (χ4v) is 2.57. The van der Waals surface area contributed by atoms with Crippen LogP contribution in [0.4, 0.5) is 0 Å². The van der Waals surface area contributed by atoms with Crippen molar-refractivity contribution in [3.8, 4) is 0 Å². The lowest BCUT2D eigenvalue weighted by atomic mass is 10.1. The fraction of sp³-hybridized carbons (Fsp3) is 0.706. The number of pyridine rings is 1. The normalized spacial score (nSPS) is 16.5. The SMILES string of the molecule is CC(C)NCc1cccc(COCCN2CCCCC2)n1. The van der Waals surface area contributed by atoms with Gasteiger partial charge in [0.25, 0.3) is 0 Å².